The van der Waals surface area contributed by atoms with Gasteiger partial charge in [-0.3, -0.25) is 14.9 Å². The van der Waals surface area contributed by atoms with Gasteiger partial charge in [0.25, 0.3) is 5.69 Å². The Morgan fingerprint density at radius 1 is 1.65 bits per heavy atom. The Kier molecular flexibility index (Phi) is 5.87. The largest absolute Gasteiger partial charge is 0.481 e. The van der Waals surface area contributed by atoms with Crippen molar-refractivity contribution in [3.63, 3.8) is 0 Å². The van der Waals surface area contributed by atoms with Crippen LogP contribution in [0.1, 0.15) is 25.3 Å². The summed E-state index contributed by atoms with van der Waals surface area (Å²) in [5, 5.41) is 22.6. The van der Waals surface area contributed by atoms with Gasteiger partial charge in [-0.2, -0.15) is 0 Å². The molecule has 0 aromatic carbocycles. The summed E-state index contributed by atoms with van der Waals surface area (Å²) in [6, 6.07) is 0. The number of anilines is 1. The molecule has 8 heteroatoms. The first-order valence-corrected chi connectivity index (χ1v) is 6.90. The lowest BCUT2D eigenvalue weighted by Crippen LogP contribution is -2.12. The Hall–Kier alpha value is -1.70. The predicted octanol–water partition coefficient (Wildman–Crippen LogP) is 2.97. The van der Waals surface area contributed by atoms with E-state index in [1.807, 2.05) is 0 Å². The third kappa shape index (κ3) is 4.16. The van der Waals surface area contributed by atoms with Crippen molar-refractivity contribution in [3.05, 3.63) is 26.3 Å². The Morgan fingerprint density at radius 2 is 2.30 bits per heavy atom. The molecule has 0 saturated carbocycles. The number of halogens is 1. The zero-order valence-electron chi connectivity index (χ0n) is 11.2. The highest BCUT2D eigenvalue weighted by molar-refractivity contribution is 9.10. The van der Waals surface area contributed by atoms with Gasteiger partial charge in [-0.05, 0) is 35.7 Å². The number of hydrogen-bond acceptors (Lipinski definition) is 5. The summed E-state index contributed by atoms with van der Waals surface area (Å²) in [7, 11) is 0. The number of carboxylic acid groups (broad SMARTS) is 1. The molecule has 2 N–H and O–H groups in total. The predicted molar refractivity (Wildman–Crippen MR) is 77.9 cm³/mol. The van der Waals surface area contributed by atoms with Crippen molar-refractivity contribution < 1.29 is 14.8 Å². The highest BCUT2D eigenvalue weighted by atomic mass is 79.9. The lowest BCUT2D eigenvalue weighted by atomic mass is 10.1. The summed E-state index contributed by atoms with van der Waals surface area (Å²) in [6.45, 7) is 3.86. The smallest absolute Gasteiger partial charge is 0.306 e. The van der Waals surface area contributed by atoms with Crippen LogP contribution in [0.2, 0.25) is 0 Å². The number of aromatic nitrogens is 1. The molecule has 1 unspecified atom stereocenters. The van der Waals surface area contributed by atoms with E-state index in [-0.39, 0.29) is 11.6 Å². The van der Waals surface area contributed by atoms with E-state index in [1.165, 1.54) is 6.20 Å². The molecule has 0 aliphatic rings. The summed E-state index contributed by atoms with van der Waals surface area (Å²) in [5.74, 6) is -0.668. The van der Waals surface area contributed by atoms with Crippen molar-refractivity contribution in [2.75, 3.05) is 11.9 Å². The maximum Gasteiger partial charge on any atom is 0.306 e. The van der Waals surface area contributed by atoms with Crippen LogP contribution in [0, 0.1) is 23.0 Å². The van der Waals surface area contributed by atoms with E-state index in [1.54, 1.807) is 13.8 Å². The first-order valence-electron chi connectivity index (χ1n) is 6.10. The fourth-order valence-corrected chi connectivity index (χ4v) is 2.06. The molecule has 0 saturated heterocycles. The zero-order chi connectivity index (χ0) is 15.3. The van der Waals surface area contributed by atoms with Gasteiger partial charge in [-0.15, -0.1) is 0 Å². The van der Waals surface area contributed by atoms with Crippen LogP contribution < -0.4 is 5.32 Å². The van der Waals surface area contributed by atoms with E-state index < -0.39 is 10.9 Å². The molecule has 1 heterocycles. The van der Waals surface area contributed by atoms with Gasteiger partial charge in [0.15, 0.2) is 0 Å². The number of pyridine rings is 1. The number of hydrogen-bond donors (Lipinski definition) is 2. The van der Waals surface area contributed by atoms with Crippen molar-refractivity contribution in [1.29, 1.82) is 0 Å². The molecule has 1 atom stereocenters. The first-order chi connectivity index (χ1) is 9.34. The number of nitrogens with zero attached hydrogens (tertiary/aromatic N) is 2. The molecule has 0 radical (unpaired) electrons. The van der Waals surface area contributed by atoms with E-state index in [9.17, 15) is 14.9 Å². The highest BCUT2D eigenvalue weighted by Gasteiger charge is 2.17. The van der Waals surface area contributed by atoms with E-state index in [0.29, 0.717) is 35.2 Å². The summed E-state index contributed by atoms with van der Waals surface area (Å²) >= 11 is 3.28. The molecule has 0 aliphatic carbocycles. The number of nitro groups is 1. The Balaban J connectivity index is 2.59. The topological polar surface area (TPSA) is 105 Å². The monoisotopic (exact) mass is 345 g/mol. The summed E-state index contributed by atoms with van der Waals surface area (Å²) in [6.07, 6.45) is 2.45. The molecule has 1 aromatic heterocycles. The number of carboxylic acids is 1. The minimum atomic E-state index is -0.810. The van der Waals surface area contributed by atoms with Crippen molar-refractivity contribution in [1.82, 2.24) is 4.98 Å². The average molecular weight is 346 g/mol. The van der Waals surface area contributed by atoms with E-state index in [0.717, 1.165) is 0 Å². The number of rotatable bonds is 7. The molecule has 0 amide bonds. The van der Waals surface area contributed by atoms with Gasteiger partial charge in [0.05, 0.1) is 15.3 Å². The third-order valence-corrected chi connectivity index (χ3v) is 3.93. The maximum absolute atomic E-state index is 10.8. The average Bonchev–Trinajstić information content (AvgIpc) is 2.38. The van der Waals surface area contributed by atoms with Crippen LogP contribution in [0.15, 0.2) is 10.7 Å². The van der Waals surface area contributed by atoms with E-state index in [2.05, 4.69) is 26.2 Å². The lowest BCUT2D eigenvalue weighted by molar-refractivity contribution is -0.385. The second-order valence-corrected chi connectivity index (χ2v) is 5.29. The van der Waals surface area contributed by atoms with Gasteiger partial charge in [0.2, 0.25) is 0 Å². The Bertz CT molecular complexity index is 522. The molecule has 0 fully saturated rings. The Labute approximate surface area is 124 Å². The maximum atomic E-state index is 10.8. The quantitative estimate of drug-likeness (QED) is 0.447. The number of carbonyl (C=O) groups is 1. The molecular weight excluding hydrogens is 330 g/mol. The first kappa shape index (κ1) is 16.4. The molecular formula is C12H16BrN3O4. The van der Waals surface area contributed by atoms with Gasteiger partial charge < -0.3 is 10.4 Å². The molecule has 7 nitrogen and oxygen atoms in total. The number of nitrogens with one attached hydrogen (secondary N) is 1. The van der Waals surface area contributed by atoms with Crippen molar-refractivity contribution >= 4 is 33.4 Å². The van der Waals surface area contributed by atoms with Crippen LogP contribution in [-0.2, 0) is 4.79 Å². The normalized spacial score (nSPS) is 11.9. The van der Waals surface area contributed by atoms with Crippen LogP contribution in [0.3, 0.4) is 0 Å². The third-order valence-electron chi connectivity index (χ3n) is 2.96. The molecule has 110 valence electrons. The molecule has 0 spiro atoms. The molecule has 0 bridgehead atoms. The second-order valence-electron chi connectivity index (χ2n) is 4.50. The highest BCUT2D eigenvalue weighted by Crippen LogP contribution is 2.30. The number of aliphatic carboxylic acids is 1. The molecule has 1 rings (SSSR count). The van der Waals surface area contributed by atoms with Crippen LogP contribution in [0.4, 0.5) is 11.5 Å². The summed E-state index contributed by atoms with van der Waals surface area (Å²) < 4.78 is 0.554. The fraction of sp³-hybridized carbons (Fsp3) is 0.500. The standard InChI is InChI=1S/C12H16BrN3O4/c1-7(12(17)18)4-3-5-14-11-10(13)8(2)9(6-15-11)16(19)20/h6-7H,3-5H2,1-2H3,(H,14,15)(H,17,18). The molecule has 20 heavy (non-hydrogen) atoms. The van der Waals surface area contributed by atoms with Gasteiger partial charge in [0, 0.05) is 12.1 Å². The summed E-state index contributed by atoms with van der Waals surface area (Å²) in [4.78, 5) is 24.9. The van der Waals surface area contributed by atoms with Crippen LogP contribution in [-0.4, -0.2) is 27.5 Å². The van der Waals surface area contributed by atoms with E-state index in [4.69, 9.17) is 5.11 Å². The minimum Gasteiger partial charge on any atom is -0.481 e. The SMILES string of the molecule is Cc1c([N+](=O)[O-])cnc(NCCCC(C)C(=O)O)c1Br. The van der Waals surface area contributed by atoms with Crippen LogP contribution in [0.25, 0.3) is 0 Å². The zero-order valence-corrected chi connectivity index (χ0v) is 12.8. The van der Waals surface area contributed by atoms with Crippen molar-refractivity contribution in [3.8, 4) is 0 Å². The Morgan fingerprint density at radius 3 is 2.85 bits per heavy atom. The van der Waals surface area contributed by atoms with Gasteiger partial charge in [0.1, 0.15) is 12.0 Å². The summed E-state index contributed by atoms with van der Waals surface area (Å²) in [5.41, 5.74) is 0.466. The van der Waals surface area contributed by atoms with E-state index >= 15 is 0 Å². The molecule has 1 aromatic rings. The van der Waals surface area contributed by atoms with Crippen molar-refractivity contribution in [2.24, 2.45) is 5.92 Å². The van der Waals surface area contributed by atoms with Gasteiger partial charge in [-0.25, -0.2) is 4.98 Å². The van der Waals surface area contributed by atoms with Crippen LogP contribution >= 0.6 is 15.9 Å². The molecule has 0 aliphatic heterocycles. The van der Waals surface area contributed by atoms with Crippen molar-refractivity contribution in [2.45, 2.75) is 26.7 Å². The second kappa shape index (κ2) is 7.18. The minimum absolute atomic E-state index is 0.0399. The fourth-order valence-electron chi connectivity index (χ4n) is 1.62. The van der Waals surface area contributed by atoms with Gasteiger partial charge in [-0.1, -0.05) is 6.92 Å². The van der Waals surface area contributed by atoms with Gasteiger partial charge >= 0.3 is 5.97 Å². The lowest BCUT2D eigenvalue weighted by Gasteiger charge is -2.10. The van der Waals surface area contributed by atoms with Crippen LogP contribution in [0.5, 0.6) is 0 Å².